The van der Waals surface area contributed by atoms with E-state index in [1.807, 2.05) is 6.07 Å². The highest BCUT2D eigenvalue weighted by Gasteiger charge is 2.35. The maximum absolute atomic E-state index is 12.6. The van der Waals surface area contributed by atoms with E-state index in [-0.39, 0.29) is 11.8 Å². The molecule has 0 radical (unpaired) electrons. The first-order valence-corrected chi connectivity index (χ1v) is 8.99. The minimum absolute atomic E-state index is 0.0213. The summed E-state index contributed by atoms with van der Waals surface area (Å²) in [5, 5.41) is 13.0. The second-order valence-electron chi connectivity index (χ2n) is 6.59. The van der Waals surface area contributed by atoms with Gasteiger partial charge in [-0.15, -0.1) is 0 Å². The first-order chi connectivity index (χ1) is 14.1. The zero-order chi connectivity index (χ0) is 20.4. The van der Waals surface area contributed by atoms with Crippen molar-refractivity contribution in [2.75, 3.05) is 25.7 Å². The molecule has 8 nitrogen and oxygen atoms in total. The number of carbonyl (C=O) groups excluding carboxylic acids is 1. The summed E-state index contributed by atoms with van der Waals surface area (Å²) in [6.07, 6.45) is 0.292. The minimum Gasteiger partial charge on any atom is -0.493 e. The van der Waals surface area contributed by atoms with Crippen LogP contribution in [0.3, 0.4) is 0 Å². The molecule has 1 aromatic heterocycles. The molecule has 1 saturated heterocycles. The monoisotopic (exact) mass is 390 g/mol. The average Bonchev–Trinajstić information content (AvgIpc) is 3.40. The average molecular weight is 390 g/mol. The smallest absolute Gasteiger partial charge is 0.257 e. The lowest BCUT2D eigenvalue weighted by Crippen LogP contribution is -2.24. The molecule has 0 N–H and O–H groups in total. The molecule has 2 heterocycles. The van der Waals surface area contributed by atoms with Gasteiger partial charge in [0.25, 0.3) is 5.89 Å². The van der Waals surface area contributed by atoms with E-state index in [0.29, 0.717) is 41.7 Å². The van der Waals surface area contributed by atoms with Crippen molar-refractivity contribution in [3.8, 4) is 29.0 Å². The fourth-order valence-corrected chi connectivity index (χ4v) is 3.33. The number of nitriles is 1. The van der Waals surface area contributed by atoms with Crippen LogP contribution in [0.2, 0.25) is 0 Å². The third-order valence-electron chi connectivity index (χ3n) is 4.87. The number of rotatable bonds is 5. The van der Waals surface area contributed by atoms with Crippen molar-refractivity contribution in [2.45, 2.75) is 12.3 Å². The Morgan fingerprint density at radius 1 is 1.14 bits per heavy atom. The third kappa shape index (κ3) is 3.50. The van der Waals surface area contributed by atoms with Crippen LogP contribution in [0.1, 0.15) is 23.7 Å². The number of nitrogens with zero attached hydrogens (tertiary/aromatic N) is 4. The minimum atomic E-state index is -0.175. The van der Waals surface area contributed by atoms with Crippen LogP contribution in [0.15, 0.2) is 47.0 Å². The van der Waals surface area contributed by atoms with Crippen LogP contribution in [0.5, 0.6) is 11.5 Å². The molecule has 0 spiro atoms. The number of hydrogen-bond acceptors (Lipinski definition) is 7. The van der Waals surface area contributed by atoms with Crippen LogP contribution in [0.4, 0.5) is 5.69 Å². The van der Waals surface area contributed by atoms with Gasteiger partial charge in [-0.05, 0) is 36.4 Å². The number of hydrogen-bond donors (Lipinski definition) is 0. The Kier molecular flexibility index (Phi) is 4.87. The molecule has 1 fully saturated rings. The van der Waals surface area contributed by atoms with Gasteiger partial charge in [-0.2, -0.15) is 10.2 Å². The molecule has 146 valence electrons. The fourth-order valence-electron chi connectivity index (χ4n) is 3.33. The highest BCUT2D eigenvalue weighted by molar-refractivity contribution is 5.96. The van der Waals surface area contributed by atoms with Crippen molar-refractivity contribution in [2.24, 2.45) is 0 Å². The van der Waals surface area contributed by atoms with Crippen molar-refractivity contribution in [1.29, 1.82) is 5.26 Å². The number of benzene rings is 2. The van der Waals surface area contributed by atoms with Crippen LogP contribution in [-0.4, -0.2) is 36.8 Å². The zero-order valence-electron chi connectivity index (χ0n) is 16.0. The van der Waals surface area contributed by atoms with Gasteiger partial charge in [0.2, 0.25) is 5.91 Å². The van der Waals surface area contributed by atoms with E-state index in [9.17, 15) is 4.79 Å². The quantitative estimate of drug-likeness (QED) is 0.659. The van der Waals surface area contributed by atoms with Gasteiger partial charge in [0, 0.05) is 36.2 Å². The summed E-state index contributed by atoms with van der Waals surface area (Å²) < 4.78 is 16.0. The normalized spacial score (nSPS) is 16.0. The first kappa shape index (κ1) is 18.5. The van der Waals surface area contributed by atoms with Crippen LogP contribution >= 0.6 is 0 Å². The summed E-state index contributed by atoms with van der Waals surface area (Å²) >= 11 is 0. The van der Waals surface area contributed by atoms with E-state index in [1.54, 1.807) is 55.5 Å². The molecule has 1 amide bonds. The van der Waals surface area contributed by atoms with Crippen LogP contribution in [-0.2, 0) is 4.79 Å². The number of aromatic nitrogens is 2. The molecule has 1 aliphatic rings. The Morgan fingerprint density at radius 2 is 1.90 bits per heavy atom. The Morgan fingerprint density at radius 3 is 2.59 bits per heavy atom. The topological polar surface area (TPSA) is 101 Å². The standard InChI is InChI=1S/C21H18N4O4/c1-27-17-8-7-16(10-18(17)28-2)25-12-15(9-19(25)26)20-23-21(29-24-20)14-5-3-13(11-22)4-6-14/h3-8,10,15H,9,12H2,1-2H3. The Labute approximate surface area is 167 Å². The molecule has 1 unspecified atom stereocenters. The van der Waals surface area contributed by atoms with Gasteiger partial charge in [-0.1, -0.05) is 5.16 Å². The van der Waals surface area contributed by atoms with Gasteiger partial charge in [0.1, 0.15) is 0 Å². The molecule has 0 aliphatic carbocycles. The molecular formula is C21H18N4O4. The predicted octanol–water partition coefficient (Wildman–Crippen LogP) is 3.15. The largest absolute Gasteiger partial charge is 0.493 e. The third-order valence-corrected chi connectivity index (χ3v) is 4.87. The lowest BCUT2D eigenvalue weighted by Gasteiger charge is -2.18. The molecule has 4 rings (SSSR count). The molecule has 1 aliphatic heterocycles. The maximum Gasteiger partial charge on any atom is 0.257 e. The fraction of sp³-hybridized carbons (Fsp3) is 0.238. The summed E-state index contributed by atoms with van der Waals surface area (Å²) in [4.78, 5) is 18.7. The van der Waals surface area contributed by atoms with E-state index in [0.717, 1.165) is 11.3 Å². The number of anilines is 1. The molecular weight excluding hydrogens is 372 g/mol. The molecule has 1 atom stereocenters. The van der Waals surface area contributed by atoms with Gasteiger partial charge in [0.05, 0.1) is 25.9 Å². The SMILES string of the molecule is COc1ccc(N2CC(c3noc(-c4ccc(C#N)cc4)n3)CC2=O)cc1OC. The number of methoxy groups -OCH3 is 2. The molecule has 0 bridgehead atoms. The maximum atomic E-state index is 12.6. The summed E-state index contributed by atoms with van der Waals surface area (Å²) in [6.45, 7) is 0.445. The highest BCUT2D eigenvalue weighted by atomic mass is 16.5. The van der Waals surface area contributed by atoms with E-state index < -0.39 is 0 Å². The van der Waals surface area contributed by atoms with E-state index in [1.165, 1.54) is 0 Å². The van der Waals surface area contributed by atoms with E-state index >= 15 is 0 Å². The molecule has 29 heavy (non-hydrogen) atoms. The van der Waals surface area contributed by atoms with Crippen LogP contribution < -0.4 is 14.4 Å². The van der Waals surface area contributed by atoms with Crippen molar-refractivity contribution >= 4 is 11.6 Å². The zero-order valence-corrected chi connectivity index (χ0v) is 16.0. The summed E-state index contributed by atoms with van der Waals surface area (Å²) in [7, 11) is 3.12. The Hall–Kier alpha value is -3.86. The molecule has 3 aromatic rings. The summed E-state index contributed by atoms with van der Waals surface area (Å²) in [5.74, 6) is 1.81. The van der Waals surface area contributed by atoms with Crippen LogP contribution in [0.25, 0.3) is 11.5 Å². The first-order valence-electron chi connectivity index (χ1n) is 8.99. The van der Waals surface area contributed by atoms with Gasteiger partial charge >= 0.3 is 0 Å². The van der Waals surface area contributed by atoms with Gasteiger partial charge in [-0.25, -0.2) is 0 Å². The van der Waals surface area contributed by atoms with Crippen molar-refractivity contribution < 1.29 is 18.8 Å². The summed E-state index contributed by atoms with van der Waals surface area (Å²) in [5.41, 5.74) is 2.01. The Bertz CT molecular complexity index is 1080. The van der Waals surface area contributed by atoms with Gasteiger partial charge in [0.15, 0.2) is 17.3 Å². The second-order valence-corrected chi connectivity index (χ2v) is 6.59. The van der Waals surface area contributed by atoms with Gasteiger partial charge < -0.3 is 18.9 Å². The summed E-state index contributed by atoms with van der Waals surface area (Å²) in [6, 6.07) is 14.3. The number of ether oxygens (including phenoxy) is 2. The van der Waals surface area contributed by atoms with Crippen molar-refractivity contribution in [1.82, 2.24) is 10.1 Å². The van der Waals surface area contributed by atoms with E-state index in [2.05, 4.69) is 16.2 Å². The molecule has 2 aromatic carbocycles. The van der Waals surface area contributed by atoms with E-state index in [4.69, 9.17) is 19.3 Å². The van der Waals surface area contributed by atoms with Crippen LogP contribution in [0, 0.1) is 11.3 Å². The number of carbonyl (C=O) groups is 1. The highest BCUT2D eigenvalue weighted by Crippen LogP contribution is 2.36. The van der Waals surface area contributed by atoms with Crippen molar-refractivity contribution in [3.05, 3.63) is 53.9 Å². The van der Waals surface area contributed by atoms with Gasteiger partial charge in [-0.3, -0.25) is 4.79 Å². The predicted molar refractivity (Wildman–Crippen MR) is 104 cm³/mol. The molecule has 0 saturated carbocycles. The number of amides is 1. The Balaban J connectivity index is 1.54. The molecule has 8 heteroatoms. The second kappa shape index (κ2) is 7.64. The lowest BCUT2D eigenvalue weighted by molar-refractivity contribution is -0.117. The van der Waals surface area contributed by atoms with Crippen molar-refractivity contribution in [3.63, 3.8) is 0 Å². The lowest BCUT2D eigenvalue weighted by atomic mass is 10.1.